The standard InChI is InChI=1S/C29H38F2N4O3S.C3H8/c1-6-9-23(29(30,31)7-2)18-38-17-20-10-8-11-21(14-20)24-19-39-27(33-24)34-25(36)15-32-26(37)22-12-13-35(16-22)28(3,4)5;1-3-2/h8,10-14,16,19,23H,6-7,9,15,17-18H2,1-5H3,(H,32,37)(H,33,34,36);3H2,1-2H3. The van der Waals surface area contributed by atoms with Crippen LogP contribution in [0.25, 0.3) is 11.3 Å². The lowest BCUT2D eigenvalue weighted by atomic mass is 9.95. The maximum Gasteiger partial charge on any atom is 0.253 e. The molecule has 2 aromatic heterocycles. The number of rotatable bonds is 13. The highest BCUT2D eigenvalue weighted by atomic mass is 32.1. The second kappa shape index (κ2) is 16.5. The second-order valence-electron chi connectivity index (χ2n) is 11.3. The van der Waals surface area contributed by atoms with Crippen molar-refractivity contribution in [3.05, 3.63) is 59.2 Å². The van der Waals surface area contributed by atoms with Crippen molar-refractivity contribution in [2.24, 2.45) is 5.92 Å². The summed E-state index contributed by atoms with van der Waals surface area (Å²) < 4.78 is 36.0. The molecule has 0 fully saturated rings. The summed E-state index contributed by atoms with van der Waals surface area (Å²) in [5.41, 5.74) is 2.69. The van der Waals surface area contributed by atoms with Gasteiger partial charge in [0, 0.05) is 41.2 Å². The molecule has 0 spiro atoms. The number of hydrogen-bond acceptors (Lipinski definition) is 5. The quantitative estimate of drug-likeness (QED) is 0.206. The number of carbonyl (C=O) groups is 2. The monoisotopic (exact) mass is 604 g/mol. The molecule has 7 nitrogen and oxygen atoms in total. The third-order valence-corrected chi connectivity index (χ3v) is 7.16. The van der Waals surface area contributed by atoms with Gasteiger partial charge in [-0.1, -0.05) is 58.7 Å². The lowest BCUT2D eigenvalue weighted by Crippen LogP contribution is -2.32. The van der Waals surface area contributed by atoms with E-state index in [4.69, 9.17) is 4.74 Å². The van der Waals surface area contributed by atoms with Gasteiger partial charge in [-0.3, -0.25) is 9.59 Å². The molecule has 0 aliphatic carbocycles. The molecule has 0 aliphatic heterocycles. The van der Waals surface area contributed by atoms with Gasteiger partial charge in [0.15, 0.2) is 5.13 Å². The van der Waals surface area contributed by atoms with Gasteiger partial charge in [0.1, 0.15) is 0 Å². The summed E-state index contributed by atoms with van der Waals surface area (Å²) in [6, 6.07) is 9.24. The summed E-state index contributed by atoms with van der Waals surface area (Å²) in [5.74, 6) is -4.24. The van der Waals surface area contributed by atoms with Gasteiger partial charge in [-0.25, -0.2) is 13.8 Å². The van der Waals surface area contributed by atoms with Crippen molar-refractivity contribution in [2.45, 2.75) is 92.2 Å². The third kappa shape index (κ3) is 10.9. The first-order chi connectivity index (χ1) is 19.8. The van der Waals surface area contributed by atoms with E-state index < -0.39 is 11.8 Å². The number of ether oxygens (including phenoxy) is 1. The highest BCUT2D eigenvalue weighted by molar-refractivity contribution is 7.14. The fraction of sp³-hybridized carbons (Fsp3) is 0.531. The molecular formula is C32H46F2N4O3S. The van der Waals surface area contributed by atoms with E-state index in [2.05, 4.69) is 29.5 Å². The molecule has 2 heterocycles. The highest BCUT2D eigenvalue weighted by Crippen LogP contribution is 2.32. The summed E-state index contributed by atoms with van der Waals surface area (Å²) in [5, 5.41) is 7.58. The van der Waals surface area contributed by atoms with E-state index in [0.717, 1.165) is 11.1 Å². The first-order valence-corrected chi connectivity index (χ1v) is 15.5. The zero-order valence-corrected chi connectivity index (χ0v) is 26.7. The van der Waals surface area contributed by atoms with Crippen LogP contribution in [0, 0.1) is 5.92 Å². The first-order valence-electron chi connectivity index (χ1n) is 14.6. The Balaban J connectivity index is 0.00000197. The molecule has 1 atom stereocenters. The minimum absolute atomic E-state index is 0.00471. The predicted molar refractivity (Wildman–Crippen MR) is 167 cm³/mol. The minimum Gasteiger partial charge on any atom is -0.376 e. The Morgan fingerprint density at radius 1 is 1.12 bits per heavy atom. The van der Waals surface area contributed by atoms with Gasteiger partial charge in [0.25, 0.3) is 11.8 Å². The van der Waals surface area contributed by atoms with Crippen molar-refractivity contribution in [3.63, 3.8) is 0 Å². The molecule has 42 heavy (non-hydrogen) atoms. The van der Waals surface area contributed by atoms with Crippen LogP contribution in [-0.2, 0) is 21.7 Å². The van der Waals surface area contributed by atoms with Crippen LogP contribution >= 0.6 is 11.3 Å². The normalized spacial score (nSPS) is 12.3. The van der Waals surface area contributed by atoms with Crippen molar-refractivity contribution in [2.75, 3.05) is 18.5 Å². The van der Waals surface area contributed by atoms with Gasteiger partial charge in [-0.2, -0.15) is 0 Å². The van der Waals surface area contributed by atoms with Gasteiger partial charge in [0.05, 0.1) is 31.0 Å². The Labute approximate surface area is 253 Å². The molecule has 0 radical (unpaired) electrons. The van der Waals surface area contributed by atoms with E-state index in [9.17, 15) is 18.4 Å². The SMILES string of the molecule is CCC.CCCC(COCc1cccc(-c2csc(NC(=O)CNC(=O)c3ccn(C(C)(C)C)c3)n2)c1)C(F)(F)CC. The molecule has 2 N–H and O–H groups in total. The van der Waals surface area contributed by atoms with Crippen molar-refractivity contribution >= 4 is 28.3 Å². The second-order valence-corrected chi connectivity index (χ2v) is 12.1. The number of amides is 2. The molecule has 232 valence electrons. The molecule has 1 aromatic carbocycles. The summed E-state index contributed by atoms with van der Waals surface area (Å²) in [7, 11) is 0. The predicted octanol–water partition coefficient (Wildman–Crippen LogP) is 8.13. The topological polar surface area (TPSA) is 85.3 Å². The molecule has 3 aromatic rings. The molecule has 0 aliphatic rings. The lowest BCUT2D eigenvalue weighted by molar-refractivity contribution is -0.115. The van der Waals surface area contributed by atoms with E-state index in [0.29, 0.717) is 29.2 Å². The van der Waals surface area contributed by atoms with Crippen molar-refractivity contribution in [3.8, 4) is 11.3 Å². The van der Waals surface area contributed by atoms with E-state index in [1.54, 1.807) is 12.3 Å². The molecular weight excluding hydrogens is 558 g/mol. The molecule has 10 heteroatoms. The maximum absolute atomic E-state index is 14.2. The fourth-order valence-electron chi connectivity index (χ4n) is 4.03. The maximum atomic E-state index is 14.2. The molecule has 0 saturated carbocycles. The Kier molecular flexibility index (Phi) is 13.8. The van der Waals surface area contributed by atoms with E-state index >= 15 is 0 Å². The Morgan fingerprint density at radius 3 is 2.45 bits per heavy atom. The summed E-state index contributed by atoms with van der Waals surface area (Å²) in [6.07, 6.45) is 5.74. The van der Waals surface area contributed by atoms with E-state index in [-0.39, 0.29) is 43.5 Å². The number of hydrogen-bond donors (Lipinski definition) is 2. The molecule has 0 saturated heterocycles. The lowest BCUT2D eigenvalue weighted by Gasteiger charge is -2.25. The number of halogens is 2. The molecule has 3 rings (SSSR count). The van der Waals surface area contributed by atoms with Crippen LogP contribution in [0.15, 0.2) is 48.1 Å². The zero-order chi connectivity index (χ0) is 31.3. The van der Waals surface area contributed by atoms with Crippen LogP contribution in [0.5, 0.6) is 0 Å². The van der Waals surface area contributed by atoms with Gasteiger partial charge >= 0.3 is 0 Å². The molecule has 1 unspecified atom stereocenters. The number of aromatic nitrogens is 2. The van der Waals surface area contributed by atoms with Crippen LogP contribution in [-0.4, -0.2) is 40.4 Å². The van der Waals surface area contributed by atoms with Gasteiger partial charge in [-0.15, -0.1) is 11.3 Å². The van der Waals surface area contributed by atoms with Gasteiger partial charge in [0.2, 0.25) is 5.91 Å². The number of anilines is 1. The van der Waals surface area contributed by atoms with Crippen LogP contribution in [0.4, 0.5) is 13.9 Å². The zero-order valence-electron chi connectivity index (χ0n) is 25.9. The van der Waals surface area contributed by atoms with E-state index in [1.807, 2.05) is 68.1 Å². The van der Waals surface area contributed by atoms with Crippen LogP contribution in [0.1, 0.15) is 90.1 Å². The van der Waals surface area contributed by atoms with Crippen LogP contribution < -0.4 is 10.6 Å². The van der Waals surface area contributed by atoms with Gasteiger partial charge in [-0.05, 0) is 44.9 Å². The number of benzene rings is 1. The fourth-order valence-corrected chi connectivity index (χ4v) is 4.77. The number of thiazole rings is 1. The Hall–Kier alpha value is -3.11. The minimum atomic E-state index is -2.74. The average molecular weight is 605 g/mol. The molecule has 0 bridgehead atoms. The largest absolute Gasteiger partial charge is 0.376 e. The van der Waals surface area contributed by atoms with Crippen LogP contribution in [0.3, 0.4) is 0 Å². The number of nitrogens with zero attached hydrogens (tertiary/aromatic N) is 2. The number of alkyl halides is 2. The Bertz CT molecular complexity index is 1270. The Morgan fingerprint density at radius 2 is 1.83 bits per heavy atom. The van der Waals surface area contributed by atoms with E-state index in [1.165, 1.54) is 24.7 Å². The van der Waals surface area contributed by atoms with Crippen LogP contribution in [0.2, 0.25) is 0 Å². The number of carbonyl (C=O) groups excluding carboxylic acids is 2. The smallest absolute Gasteiger partial charge is 0.253 e. The third-order valence-electron chi connectivity index (χ3n) is 6.41. The highest BCUT2D eigenvalue weighted by Gasteiger charge is 2.36. The summed E-state index contributed by atoms with van der Waals surface area (Å²) in [4.78, 5) is 29.3. The van der Waals surface area contributed by atoms with Crippen molar-refractivity contribution in [1.29, 1.82) is 0 Å². The van der Waals surface area contributed by atoms with Crippen molar-refractivity contribution in [1.82, 2.24) is 14.9 Å². The first kappa shape index (κ1) is 35.1. The number of nitrogens with one attached hydrogen (secondary N) is 2. The summed E-state index contributed by atoms with van der Waals surface area (Å²) in [6.45, 7) is 13.8. The van der Waals surface area contributed by atoms with Gasteiger partial charge < -0.3 is 19.9 Å². The van der Waals surface area contributed by atoms with Crippen molar-refractivity contribution < 1.29 is 23.1 Å². The average Bonchev–Trinajstić information content (AvgIpc) is 3.62. The summed E-state index contributed by atoms with van der Waals surface area (Å²) >= 11 is 1.27. The molecule has 2 amide bonds.